The summed E-state index contributed by atoms with van der Waals surface area (Å²) in [6.07, 6.45) is 2.03. The molecule has 3 rings (SSSR count). The van der Waals surface area contributed by atoms with E-state index in [1.54, 1.807) is 12.1 Å². The Kier molecular flexibility index (Phi) is 3.39. The van der Waals surface area contributed by atoms with Gasteiger partial charge in [-0.15, -0.1) is 0 Å². The van der Waals surface area contributed by atoms with Crippen molar-refractivity contribution in [3.05, 3.63) is 47.5 Å². The Morgan fingerprint density at radius 2 is 2.00 bits per heavy atom. The summed E-state index contributed by atoms with van der Waals surface area (Å²) in [5.41, 5.74) is 7.19. The highest BCUT2D eigenvalue weighted by Crippen LogP contribution is 2.28. The molecule has 0 atom stereocenters. The number of hydrogen-bond acceptors (Lipinski definition) is 4. The molecule has 110 valence electrons. The van der Waals surface area contributed by atoms with E-state index in [4.69, 9.17) is 5.10 Å². The smallest absolute Gasteiger partial charge is 0.133 e. The van der Waals surface area contributed by atoms with E-state index in [1.165, 1.54) is 12.1 Å². The lowest BCUT2D eigenvalue weighted by Gasteiger charge is -2.07. The zero-order valence-electron chi connectivity index (χ0n) is 12.3. The maximum atomic E-state index is 13.1. The molecular weight excluding hydrogens is 269 g/mol. The molecule has 2 heterocycles. The minimum absolute atomic E-state index is 0.252. The number of nitrogens with zero attached hydrogens (tertiary/aromatic N) is 3. The summed E-state index contributed by atoms with van der Waals surface area (Å²) in [4.78, 5) is 0. The first-order valence-corrected chi connectivity index (χ1v) is 6.81. The van der Waals surface area contributed by atoms with Gasteiger partial charge in [0.25, 0.3) is 0 Å². The highest BCUT2D eigenvalue weighted by molar-refractivity contribution is 5.72. The molecule has 6 heteroatoms. The molecule has 0 spiro atoms. The Morgan fingerprint density at radius 1 is 1.29 bits per heavy atom. The molecule has 21 heavy (non-hydrogen) atoms. The summed E-state index contributed by atoms with van der Waals surface area (Å²) < 4.78 is 14.9. The summed E-state index contributed by atoms with van der Waals surface area (Å²) in [5.74, 6) is 0.658. The van der Waals surface area contributed by atoms with E-state index in [0.29, 0.717) is 0 Å². The van der Waals surface area contributed by atoms with Gasteiger partial charge in [-0.3, -0.25) is 0 Å². The van der Waals surface area contributed by atoms with Crippen LogP contribution in [-0.4, -0.2) is 35.4 Å². The molecule has 1 aromatic carbocycles. The van der Waals surface area contributed by atoms with E-state index in [0.717, 1.165) is 34.9 Å². The third-order valence-electron chi connectivity index (χ3n) is 3.60. The van der Waals surface area contributed by atoms with Gasteiger partial charge in [0.1, 0.15) is 11.6 Å². The quantitative estimate of drug-likeness (QED) is 0.908. The van der Waals surface area contributed by atoms with Gasteiger partial charge in [-0.1, -0.05) is 0 Å². The summed E-state index contributed by atoms with van der Waals surface area (Å²) in [5, 5.41) is 9.79. The molecule has 0 saturated heterocycles. The van der Waals surface area contributed by atoms with Crippen molar-refractivity contribution in [3.63, 3.8) is 0 Å². The molecule has 1 aliphatic rings. The first-order valence-electron chi connectivity index (χ1n) is 6.81. The second-order valence-corrected chi connectivity index (χ2v) is 5.06. The van der Waals surface area contributed by atoms with Crippen molar-refractivity contribution in [2.45, 2.75) is 6.92 Å². The first kappa shape index (κ1) is 13.6. The van der Waals surface area contributed by atoms with Crippen molar-refractivity contribution >= 4 is 11.4 Å². The topological polar surface area (TPSA) is 45.1 Å². The molecule has 5 nitrogen and oxygen atoms in total. The van der Waals surface area contributed by atoms with Gasteiger partial charge in [0.15, 0.2) is 0 Å². The van der Waals surface area contributed by atoms with E-state index in [1.807, 2.05) is 36.9 Å². The molecule has 0 saturated carbocycles. The summed E-state index contributed by atoms with van der Waals surface area (Å²) >= 11 is 0. The fraction of sp³-hybridized carbons (Fsp3) is 0.267. The van der Waals surface area contributed by atoms with Crippen LogP contribution >= 0.6 is 0 Å². The zero-order chi connectivity index (χ0) is 15.0. The van der Waals surface area contributed by atoms with E-state index < -0.39 is 0 Å². The molecule has 2 N–H and O–H groups in total. The molecule has 0 radical (unpaired) electrons. The average molecular weight is 287 g/mol. The van der Waals surface area contributed by atoms with Crippen LogP contribution in [0.5, 0.6) is 0 Å². The van der Waals surface area contributed by atoms with Gasteiger partial charge in [0.05, 0.1) is 11.4 Å². The number of hydrogen-bond donors (Lipinski definition) is 2. The maximum Gasteiger partial charge on any atom is 0.133 e. The van der Waals surface area contributed by atoms with Crippen LogP contribution in [0.4, 0.5) is 10.2 Å². The maximum absolute atomic E-state index is 13.1. The Morgan fingerprint density at radius 3 is 2.57 bits per heavy atom. The highest BCUT2D eigenvalue weighted by Gasteiger charge is 2.20. The largest absolute Gasteiger partial charge is 0.373 e. The lowest BCUT2D eigenvalue weighted by atomic mass is 10.1. The monoisotopic (exact) mass is 287 g/mol. The molecule has 1 aromatic heterocycles. The van der Waals surface area contributed by atoms with Crippen molar-refractivity contribution in [2.75, 3.05) is 26.0 Å². The van der Waals surface area contributed by atoms with Gasteiger partial charge < -0.3 is 10.3 Å². The van der Waals surface area contributed by atoms with Crippen molar-refractivity contribution < 1.29 is 4.39 Å². The standard InChI is InChI=1S/C15H18FN5/c1-10-14(11-8-18-20(3)9-11)19-21(15(10)17-2)13-6-4-12(16)5-7-13/h4-7,9,17-18H,8H2,1-3H3. The van der Waals surface area contributed by atoms with Crippen molar-refractivity contribution in [1.29, 1.82) is 0 Å². The normalized spacial score (nSPS) is 14.5. The van der Waals surface area contributed by atoms with Gasteiger partial charge in [-0.2, -0.15) is 5.10 Å². The molecule has 0 aliphatic carbocycles. The fourth-order valence-electron chi connectivity index (χ4n) is 2.54. The second kappa shape index (κ2) is 5.21. The van der Waals surface area contributed by atoms with E-state index in [-0.39, 0.29) is 5.82 Å². The molecular formula is C15H18FN5. The zero-order valence-corrected chi connectivity index (χ0v) is 12.3. The van der Waals surface area contributed by atoms with Crippen molar-refractivity contribution in [1.82, 2.24) is 20.2 Å². The Balaban J connectivity index is 2.09. The number of halogens is 1. The van der Waals surface area contributed by atoms with Crippen molar-refractivity contribution in [2.24, 2.45) is 0 Å². The number of anilines is 1. The van der Waals surface area contributed by atoms with Gasteiger partial charge >= 0.3 is 0 Å². The van der Waals surface area contributed by atoms with Gasteiger partial charge in [0, 0.05) is 38.0 Å². The van der Waals surface area contributed by atoms with E-state index >= 15 is 0 Å². The molecule has 0 unspecified atom stereocenters. The lowest BCUT2D eigenvalue weighted by molar-refractivity contribution is 0.374. The van der Waals surface area contributed by atoms with Crippen LogP contribution in [0.3, 0.4) is 0 Å². The summed E-state index contributed by atoms with van der Waals surface area (Å²) in [7, 11) is 3.82. The average Bonchev–Trinajstić information content (AvgIpc) is 3.03. The molecule has 0 amide bonds. The predicted molar refractivity (Wildman–Crippen MR) is 81.5 cm³/mol. The highest BCUT2D eigenvalue weighted by atomic mass is 19.1. The molecule has 0 bridgehead atoms. The van der Waals surface area contributed by atoms with Crippen LogP contribution in [-0.2, 0) is 0 Å². The van der Waals surface area contributed by atoms with Gasteiger partial charge in [-0.25, -0.2) is 14.5 Å². The van der Waals surface area contributed by atoms with Gasteiger partial charge in [-0.05, 0) is 31.2 Å². The van der Waals surface area contributed by atoms with Crippen LogP contribution in [0.1, 0.15) is 11.3 Å². The van der Waals surface area contributed by atoms with E-state index in [9.17, 15) is 4.39 Å². The van der Waals surface area contributed by atoms with E-state index in [2.05, 4.69) is 10.7 Å². The molecule has 2 aromatic rings. The lowest BCUT2D eigenvalue weighted by Crippen LogP contribution is -2.23. The fourth-order valence-corrected chi connectivity index (χ4v) is 2.54. The minimum Gasteiger partial charge on any atom is -0.373 e. The molecule has 1 aliphatic heterocycles. The number of benzene rings is 1. The number of hydrazine groups is 1. The Labute approximate surface area is 123 Å². The Bertz CT molecular complexity index is 687. The van der Waals surface area contributed by atoms with Crippen LogP contribution in [0.15, 0.2) is 30.5 Å². The number of aromatic nitrogens is 2. The third kappa shape index (κ3) is 2.38. The second-order valence-electron chi connectivity index (χ2n) is 5.06. The van der Waals surface area contributed by atoms with Crippen LogP contribution in [0, 0.1) is 12.7 Å². The number of rotatable bonds is 3. The summed E-state index contributed by atoms with van der Waals surface area (Å²) in [6.45, 7) is 2.79. The number of nitrogens with one attached hydrogen (secondary N) is 2. The summed E-state index contributed by atoms with van der Waals surface area (Å²) in [6, 6.07) is 6.32. The molecule has 0 fully saturated rings. The van der Waals surface area contributed by atoms with Crippen LogP contribution < -0.4 is 10.7 Å². The predicted octanol–water partition coefficient (Wildman–Crippen LogP) is 2.15. The van der Waals surface area contributed by atoms with Gasteiger partial charge in [0.2, 0.25) is 0 Å². The Hall–Kier alpha value is -2.34. The van der Waals surface area contributed by atoms with Crippen molar-refractivity contribution in [3.8, 4) is 5.69 Å². The SMILES string of the molecule is CNc1c(C)c(C2=CN(C)NC2)nn1-c1ccc(F)cc1. The van der Waals surface area contributed by atoms with Crippen LogP contribution in [0.2, 0.25) is 0 Å². The minimum atomic E-state index is -0.252. The third-order valence-corrected chi connectivity index (χ3v) is 3.60. The van der Waals surface area contributed by atoms with Crippen LogP contribution in [0.25, 0.3) is 11.3 Å². The first-order chi connectivity index (χ1) is 10.1.